The number of allylic oxidation sites excluding steroid dienone is 2. The Bertz CT molecular complexity index is 697. The van der Waals surface area contributed by atoms with Gasteiger partial charge in [0, 0.05) is 18.0 Å². The highest BCUT2D eigenvalue weighted by Gasteiger charge is 2.49. The van der Waals surface area contributed by atoms with Crippen LogP contribution in [0.2, 0.25) is 0 Å². The van der Waals surface area contributed by atoms with Crippen LogP contribution in [0.3, 0.4) is 0 Å². The van der Waals surface area contributed by atoms with Crippen LogP contribution in [-0.4, -0.2) is 17.8 Å². The lowest BCUT2D eigenvalue weighted by molar-refractivity contribution is -0.132. The van der Waals surface area contributed by atoms with Crippen LogP contribution < -0.4 is 9.64 Å². The summed E-state index contributed by atoms with van der Waals surface area (Å²) in [5.41, 5.74) is 0.416. The first-order valence-corrected chi connectivity index (χ1v) is 7.36. The predicted octanol–water partition coefficient (Wildman–Crippen LogP) is 2.63. The third-order valence-corrected chi connectivity index (χ3v) is 4.22. The van der Waals surface area contributed by atoms with Crippen molar-refractivity contribution in [2.24, 2.45) is 11.8 Å². The number of amides is 2. The van der Waals surface area contributed by atoms with Crippen molar-refractivity contribution in [3.05, 3.63) is 35.4 Å². The fourth-order valence-corrected chi connectivity index (χ4v) is 3.19. The third-order valence-electron chi connectivity index (χ3n) is 3.91. The van der Waals surface area contributed by atoms with Crippen LogP contribution in [-0.2, 0) is 14.4 Å². The van der Waals surface area contributed by atoms with Crippen molar-refractivity contribution in [1.82, 2.24) is 0 Å². The van der Waals surface area contributed by atoms with E-state index in [4.69, 9.17) is 16.3 Å². The monoisotopic (exact) mass is 319 g/mol. The summed E-state index contributed by atoms with van der Waals surface area (Å²) in [4.78, 5) is 37.3. The molecule has 1 aromatic carbocycles. The van der Waals surface area contributed by atoms with Gasteiger partial charge in [0.05, 0.1) is 17.5 Å². The number of hydrogen-bond acceptors (Lipinski definition) is 4. The Morgan fingerprint density at radius 3 is 2.73 bits per heavy atom. The minimum absolute atomic E-state index is 0.226. The van der Waals surface area contributed by atoms with Crippen molar-refractivity contribution in [2.45, 2.75) is 19.8 Å². The maximum absolute atomic E-state index is 12.5. The lowest BCUT2D eigenvalue weighted by Gasteiger charge is -2.17. The third kappa shape index (κ3) is 2.52. The molecular formula is C16H14ClNO4. The van der Waals surface area contributed by atoms with Crippen molar-refractivity contribution >= 4 is 35.1 Å². The van der Waals surface area contributed by atoms with Crippen molar-refractivity contribution in [3.8, 4) is 5.75 Å². The molecule has 114 valence electrons. The number of anilines is 1. The molecule has 0 bridgehead atoms. The van der Waals surface area contributed by atoms with Gasteiger partial charge in [-0.25, -0.2) is 4.90 Å². The number of nitrogens with zero attached hydrogens (tertiary/aromatic N) is 1. The van der Waals surface area contributed by atoms with Gasteiger partial charge in [-0.2, -0.15) is 0 Å². The molecule has 0 aromatic heterocycles. The zero-order valence-electron chi connectivity index (χ0n) is 11.9. The van der Waals surface area contributed by atoms with Gasteiger partial charge in [0.15, 0.2) is 0 Å². The van der Waals surface area contributed by atoms with Crippen molar-refractivity contribution < 1.29 is 19.1 Å². The molecule has 5 nitrogen and oxygen atoms in total. The lowest BCUT2D eigenvalue weighted by atomic mass is 9.85. The van der Waals surface area contributed by atoms with Crippen LogP contribution in [0.25, 0.3) is 0 Å². The summed E-state index contributed by atoms with van der Waals surface area (Å²) in [7, 11) is 0. The van der Waals surface area contributed by atoms with Gasteiger partial charge in [0.2, 0.25) is 11.8 Å². The predicted molar refractivity (Wildman–Crippen MR) is 80.4 cm³/mol. The van der Waals surface area contributed by atoms with Crippen LogP contribution in [0.4, 0.5) is 5.69 Å². The Hall–Kier alpha value is -2.14. The van der Waals surface area contributed by atoms with Crippen LogP contribution >= 0.6 is 11.6 Å². The Kier molecular flexibility index (Phi) is 3.74. The van der Waals surface area contributed by atoms with E-state index in [1.54, 1.807) is 24.3 Å². The Balaban J connectivity index is 1.91. The SMILES string of the molecule is CC(=O)Oc1cccc(N2C(=O)[C@H]3CC(Cl)=CC[C@H]3C2=O)c1. The smallest absolute Gasteiger partial charge is 0.308 e. The van der Waals surface area contributed by atoms with E-state index in [0.29, 0.717) is 29.3 Å². The number of esters is 1. The number of imide groups is 1. The second-order valence-electron chi connectivity index (χ2n) is 5.41. The van der Waals surface area contributed by atoms with Gasteiger partial charge in [0.1, 0.15) is 5.75 Å². The zero-order valence-corrected chi connectivity index (χ0v) is 12.7. The molecule has 6 heteroatoms. The van der Waals surface area contributed by atoms with E-state index < -0.39 is 11.9 Å². The van der Waals surface area contributed by atoms with E-state index in [1.807, 2.05) is 0 Å². The molecule has 0 spiro atoms. The Morgan fingerprint density at radius 1 is 1.27 bits per heavy atom. The molecule has 22 heavy (non-hydrogen) atoms. The van der Waals surface area contributed by atoms with Crippen LogP contribution in [0, 0.1) is 11.8 Å². The molecule has 1 fully saturated rings. The molecule has 0 N–H and O–H groups in total. The van der Waals surface area contributed by atoms with Crippen LogP contribution in [0.15, 0.2) is 35.4 Å². The van der Waals surface area contributed by atoms with E-state index in [0.717, 1.165) is 0 Å². The highest BCUT2D eigenvalue weighted by molar-refractivity contribution is 6.30. The topological polar surface area (TPSA) is 63.7 Å². The van der Waals surface area contributed by atoms with Crippen molar-refractivity contribution in [2.75, 3.05) is 4.90 Å². The van der Waals surface area contributed by atoms with E-state index in [2.05, 4.69) is 0 Å². The first-order valence-electron chi connectivity index (χ1n) is 6.98. The summed E-state index contributed by atoms with van der Waals surface area (Å²) < 4.78 is 5.00. The summed E-state index contributed by atoms with van der Waals surface area (Å²) in [6.45, 7) is 1.29. The molecule has 2 atom stereocenters. The van der Waals surface area contributed by atoms with Gasteiger partial charge >= 0.3 is 5.97 Å². The molecular weight excluding hydrogens is 306 g/mol. The zero-order chi connectivity index (χ0) is 15.9. The molecule has 1 heterocycles. The first-order chi connectivity index (χ1) is 10.5. The molecule has 0 saturated carbocycles. The van der Waals surface area contributed by atoms with Gasteiger partial charge in [-0.15, -0.1) is 0 Å². The van der Waals surface area contributed by atoms with Gasteiger partial charge in [0.25, 0.3) is 0 Å². The lowest BCUT2D eigenvalue weighted by Crippen LogP contribution is -2.30. The van der Waals surface area contributed by atoms with Gasteiger partial charge in [-0.1, -0.05) is 23.7 Å². The summed E-state index contributed by atoms with van der Waals surface area (Å²) in [6, 6.07) is 6.40. The number of hydrogen-bond donors (Lipinski definition) is 0. The molecule has 2 aliphatic rings. The number of carbonyl (C=O) groups excluding carboxylic acids is 3. The maximum atomic E-state index is 12.5. The number of fused-ring (bicyclic) bond motifs is 1. The average molecular weight is 320 g/mol. The van der Waals surface area contributed by atoms with Gasteiger partial charge < -0.3 is 4.74 Å². The molecule has 1 aromatic rings. The largest absolute Gasteiger partial charge is 0.427 e. The van der Waals surface area contributed by atoms with Crippen LogP contribution in [0.5, 0.6) is 5.75 Å². The number of rotatable bonds is 2. The Labute approximate surface area is 132 Å². The normalized spacial score (nSPS) is 24.1. The highest BCUT2D eigenvalue weighted by Crippen LogP contribution is 2.41. The molecule has 1 aliphatic heterocycles. The molecule has 1 saturated heterocycles. The van der Waals surface area contributed by atoms with Crippen molar-refractivity contribution in [3.63, 3.8) is 0 Å². The summed E-state index contributed by atoms with van der Waals surface area (Å²) >= 11 is 5.99. The number of benzene rings is 1. The standard InChI is InChI=1S/C16H14ClNO4/c1-9(19)22-12-4-2-3-11(8-12)18-15(20)13-6-5-10(17)7-14(13)16(18)21/h2-5,8,13-14H,6-7H2,1H3/t13-,14+/m1/s1. The van der Waals surface area contributed by atoms with Gasteiger partial charge in [-0.3, -0.25) is 14.4 Å². The van der Waals surface area contributed by atoms with E-state index in [1.165, 1.54) is 17.9 Å². The van der Waals surface area contributed by atoms with E-state index >= 15 is 0 Å². The summed E-state index contributed by atoms with van der Waals surface area (Å²) in [5, 5.41) is 0.623. The highest BCUT2D eigenvalue weighted by atomic mass is 35.5. The molecule has 0 unspecified atom stereocenters. The number of carbonyl (C=O) groups is 3. The summed E-state index contributed by atoms with van der Waals surface area (Å²) in [5.74, 6) is -1.39. The Morgan fingerprint density at radius 2 is 2.00 bits per heavy atom. The minimum Gasteiger partial charge on any atom is -0.427 e. The molecule has 3 rings (SSSR count). The number of ether oxygens (including phenoxy) is 1. The van der Waals surface area contributed by atoms with E-state index in [-0.39, 0.29) is 17.7 Å². The fourth-order valence-electron chi connectivity index (χ4n) is 2.93. The molecule has 0 radical (unpaired) electrons. The fraction of sp³-hybridized carbons (Fsp3) is 0.312. The average Bonchev–Trinajstić information content (AvgIpc) is 2.70. The van der Waals surface area contributed by atoms with Crippen molar-refractivity contribution in [1.29, 1.82) is 0 Å². The quantitative estimate of drug-likeness (QED) is 0.477. The first kappa shape index (κ1) is 14.8. The number of halogens is 1. The van der Waals surface area contributed by atoms with Gasteiger partial charge in [-0.05, 0) is 25.0 Å². The maximum Gasteiger partial charge on any atom is 0.308 e. The van der Waals surface area contributed by atoms with E-state index in [9.17, 15) is 14.4 Å². The molecule has 1 aliphatic carbocycles. The summed E-state index contributed by atoms with van der Waals surface area (Å²) in [6.07, 6.45) is 2.68. The molecule has 2 amide bonds. The second kappa shape index (κ2) is 5.57. The second-order valence-corrected chi connectivity index (χ2v) is 5.89. The van der Waals surface area contributed by atoms with Crippen LogP contribution in [0.1, 0.15) is 19.8 Å². The minimum atomic E-state index is -0.458.